The number of nitrogens with one attached hydrogen (secondary N) is 2. The SMILES string of the molecule is COCCCNc1nc(Cl)ccc1N.COCCCNc1nc(Cl)ccc1[N+](=O)[O-]. The molecule has 0 fully saturated rings. The molecule has 2 aromatic heterocycles. The van der Waals surface area contributed by atoms with Crippen molar-refractivity contribution in [2.24, 2.45) is 0 Å². The number of anilines is 3. The normalized spacial score (nSPS) is 10.1. The molecule has 0 unspecified atom stereocenters. The van der Waals surface area contributed by atoms with E-state index in [9.17, 15) is 10.1 Å². The quantitative estimate of drug-likeness (QED) is 0.197. The third-order valence-electron chi connectivity index (χ3n) is 3.56. The molecule has 2 rings (SSSR count). The summed E-state index contributed by atoms with van der Waals surface area (Å²) in [6.07, 6.45) is 1.64. The molecule has 0 radical (unpaired) electrons. The van der Waals surface area contributed by atoms with Gasteiger partial charge in [-0.1, -0.05) is 23.2 Å². The average Bonchev–Trinajstić information content (AvgIpc) is 2.71. The number of aromatic nitrogens is 2. The van der Waals surface area contributed by atoms with Gasteiger partial charge < -0.3 is 25.8 Å². The summed E-state index contributed by atoms with van der Waals surface area (Å²) in [5.41, 5.74) is 6.21. The molecule has 0 saturated carbocycles. The predicted molar refractivity (Wildman–Crippen MR) is 120 cm³/mol. The standard InChI is InChI=1S/C9H12ClN3O3.C9H14ClN3O/c1-16-6-2-5-11-9-7(13(14)15)3-4-8(10)12-9;1-14-6-2-5-12-9-7(11)3-4-8(10)13-9/h3-4H,2,5-6H2,1H3,(H,11,12);3-4H,2,5-6,11H2,1H3,(H,12,13). The van der Waals surface area contributed by atoms with Gasteiger partial charge >= 0.3 is 5.69 Å². The maximum atomic E-state index is 10.7. The van der Waals surface area contributed by atoms with Gasteiger partial charge in [-0.3, -0.25) is 10.1 Å². The molecule has 4 N–H and O–H groups in total. The molecule has 2 aromatic rings. The summed E-state index contributed by atoms with van der Waals surface area (Å²) in [6, 6.07) is 6.11. The van der Waals surface area contributed by atoms with E-state index in [0.717, 1.165) is 19.4 Å². The third kappa shape index (κ3) is 9.88. The minimum atomic E-state index is -0.498. The van der Waals surface area contributed by atoms with Gasteiger partial charge in [-0.15, -0.1) is 0 Å². The first-order chi connectivity index (χ1) is 14.4. The summed E-state index contributed by atoms with van der Waals surface area (Å²) in [5, 5.41) is 17.3. The number of hydrogen-bond donors (Lipinski definition) is 3. The van der Waals surface area contributed by atoms with Crippen LogP contribution in [0.2, 0.25) is 10.3 Å². The molecule has 0 bridgehead atoms. The Labute approximate surface area is 185 Å². The Morgan fingerprint density at radius 3 is 2.00 bits per heavy atom. The fraction of sp³-hybridized carbons (Fsp3) is 0.444. The molecular formula is C18H26Cl2N6O4. The zero-order valence-corrected chi connectivity index (χ0v) is 18.4. The minimum absolute atomic E-state index is 0.0817. The van der Waals surface area contributed by atoms with Crippen molar-refractivity contribution in [1.82, 2.24) is 9.97 Å². The highest BCUT2D eigenvalue weighted by Crippen LogP contribution is 2.23. The monoisotopic (exact) mass is 460 g/mol. The first-order valence-corrected chi connectivity index (χ1v) is 9.83. The Balaban J connectivity index is 0.000000303. The van der Waals surface area contributed by atoms with E-state index in [4.69, 9.17) is 38.4 Å². The molecule has 0 amide bonds. The molecule has 0 aliphatic carbocycles. The van der Waals surface area contributed by atoms with E-state index in [0.29, 0.717) is 36.4 Å². The summed E-state index contributed by atoms with van der Waals surface area (Å²) in [7, 11) is 3.27. The number of rotatable bonds is 11. The first kappa shape index (κ1) is 25.6. The van der Waals surface area contributed by atoms with Crippen molar-refractivity contribution in [1.29, 1.82) is 0 Å². The molecule has 0 atom stereocenters. The topological polar surface area (TPSA) is 137 Å². The van der Waals surface area contributed by atoms with Crippen molar-refractivity contribution in [3.05, 3.63) is 44.7 Å². The molecule has 12 heteroatoms. The molecule has 10 nitrogen and oxygen atoms in total. The summed E-state index contributed by atoms with van der Waals surface area (Å²) < 4.78 is 9.78. The number of methoxy groups -OCH3 is 2. The van der Waals surface area contributed by atoms with E-state index in [1.165, 1.54) is 12.1 Å². The number of nitrogens with two attached hydrogens (primary N) is 1. The molecule has 30 heavy (non-hydrogen) atoms. The molecular weight excluding hydrogens is 435 g/mol. The van der Waals surface area contributed by atoms with Gasteiger partial charge in [-0.05, 0) is 31.0 Å². The van der Waals surface area contributed by atoms with Gasteiger partial charge in [0.2, 0.25) is 5.82 Å². The van der Waals surface area contributed by atoms with Crippen molar-refractivity contribution in [3.8, 4) is 0 Å². The highest BCUT2D eigenvalue weighted by atomic mass is 35.5. The van der Waals surface area contributed by atoms with Crippen LogP contribution < -0.4 is 16.4 Å². The van der Waals surface area contributed by atoms with Gasteiger partial charge in [0.05, 0.1) is 10.6 Å². The summed E-state index contributed by atoms with van der Waals surface area (Å²) in [4.78, 5) is 18.1. The fourth-order valence-electron chi connectivity index (χ4n) is 2.14. The number of nitro groups is 1. The molecule has 0 aromatic carbocycles. The lowest BCUT2D eigenvalue weighted by molar-refractivity contribution is -0.384. The number of nitrogens with zero attached hydrogens (tertiary/aromatic N) is 3. The zero-order chi connectivity index (χ0) is 22.4. The second-order valence-corrected chi connectivity index (χ2v) is 6.65. The molecule has 0 aliphatic heterocycles. The van der Waals surface area contributed by atoms with Crippen molar-refractivity contribution < 1.29 is 14.4 Å². The Bertz CT molecular complexity index is 797. The lowest BCUT2D eigenvalue weighted by Crippen LogP contribution is -2.08. The Morgan fingerprint density at radius 2 is 1.47 bits per heavy atom. The minimum Gasteiger partial charge on any atom is -0.396 e. The molecule has 0 saturated heterocycles. The van der Waals surface area contributed by atoms with Gasteiger partial charge in [0.1, 0.15) is 10.3 Å². The summed E-state index contributed by atoms with van der Waals surface area (Å²) in [6.45, 7) is 2.61. The largest absolute Gasteiger partial charge is 0.396 e. The van der Waals surface area contributed by atoms with Crippen LogP contribution in [-0.4, -0.2) is 55.4 Å². The van der Waals surface area contributed by atoms with Crippen LogP contribution in [-0.2, 0) is 9.47 Å². The van der Waals surface area contributed by atoms with Crippen LogP contribution >= 0.6 is 23.2 Å². The van der Waals surface area contributed by atoms with Crippen LogP contribution in [0.15, 0.2) is 24.3 Å². The Hall–Kier alpha value is -2.40. The maximum absolute atomic E-state index is 10.7. The van der Waals surface area contributed by atoms with E-state index < -0.39 is 4.92 Å². The second-order valence-electron chi connectivity index (χ2n) is 5.88. The van der Waals surface area contributed by atoms with E-state index in [2.05, 4.69) is 20.6 Å². The van der Waals surface area contributed by atoms with E-state index in [1.807, 2.05) is 0 Å². The molecule has 0 aliphatic rings. The lowest BCUT2D eigenvalue weighted by Gasteiger charge is -2.07. The summed E-state index contributed by atoms with van der Waals surface area (Å²) in [5.74, 6) is 0.821. The highest BCUT2D eigenvalue weighted by Gasteiger charge is 2.14. The predicted octanol–water partition coefficient (Wildman–Crippen LogP) is 3.86. The number of nitrogen functional groups attached to an aromatic ring is 1. The number of hydrogen-bond acceptors (Lipinski definition) is 9. The van der Waals surface area contributed by atoms with Gasteiger partial charge in [-0.2, -0.15) is 0 Å². The van der Waals surface area contributed by atoms with E-state index in [1.54, 1.807) is 26.4 Å². The van der Waals surface area contributed by atoms with Gasteiger partial charge in [0.15, 0.2) is 5.82 Å². The van der Waals surface area contributed by atoms with Gasteiger partial charge in [0, 0.05) is 46.6 Å². The van der Waals surface area contributed by atoms with E-state index in [-0.39, 0.29) is 16.7 Å². The average molecular weight is 461 g/mol. The third-order valence-corrected chi connectivity index (χ3v) is 3.99. The van der Waals surface area contributed by atoms with Crippen molar-refractivity contribution >= 4 is 46.2 Å². The zero-order valence-electron chi connectivity index (χ0n) is 16.9. The highest BCUT2D eigenvalue weighted by molar-refractivity contribution is 6.29. The Morgan fingerprint density at radius 1 is 0.967 bits per heavy atom. The smallest absolute Gasteiger partial charge is 0.311 e. The lowest BCUT2D eigenvalue weighted by atomic mass is 10.3. The molecule has 2 heterocycles. The Kier molecular flexibility index (Phi) is 12.4. The fourth-order valence-corrected chi connectivity index (χ4v) is 2.43. The number of ether oxygens (including phenoxy) is 2. The van der Waals surface area contributed by atoms with Crippen molar-refractivity contribution in [2.75, 3.05) is 56.9 Å². The van der Waals surface area contributed by atoms with Crippen LogP contribution in [0.25, 0.3) is 0 Å². The second kappa shape index (κ2) is 14.6. The molecule has 166 valence electrons. The van der Waals surface area contributed by atoms with Crippen molar-refractivity contribution in [3.63, 3.8) is 0 Å². The van der Waals surface area contributed by atoms with Crippen molar-refractivity contribution in [2.45, 2.75) is 12.8 Å². The van der Waals surface area contributed by atoms with Crippen LogP contribution in [0, 0.1) is 10.1 Å². The maximum Gasteiger partial charge on any atom is 0.311 e. The van der Waals surface area contributed by atoms with E-state index >= 15 is 0 Å². The van der Waals surface area contributed by atoms with Crippen LogP contribution in [0.5, 0.6) is 0 Å². The first-order valence-electron chi connectivity index (χ1n) is 9.07. The number of halogens is 2. The number of pyridine rings is 2. The van der Waals surface area contributed by atoms with Crippen LogP contribution in [0.4, 0.5) is 23.0 Å². The van der Waals surface area contributed by atoms with Crippen LogP contribution in [0.3, 0.4) is 0 Å². The summed E-state index contributed by atoms with van der Waals surface area (Å²) >= 11 is 11.4. The van der Waals surface area contributed by atoms with Gasteiger partial charge in [0.25, 0.3) is 0 Å². The molecule has 0 spiro atoms. The van der Waals surface area contributed by atoms with Crippen LogP contribution in [0.1, 0.15) is 12.8 Å². The van der Waals surface area contributed by atoms with Gasteiger partial charge in [-0.25, -0.2) is 9.97 Å².